The minimum Gasteiger partial charge on any atom is -0.345 e. The molecule has 0 aromatic heterocycles. The number of nitrogens with one attached hydrogen (secondary N) is 2. The summed E-state index contributed by atoms with van der Waals surface area (Å²) in [7, 11) is 0. The number of likely N-dealkylation sites (tertiary alicyclic amines) is 1. The smallest absolute Gasteiger partial charge is 0.252 e. The summed E-state index contributed by atoms with van der Waals surface area (Å²) in [5, 5.41) is 8.38. The molecular formula is C34H42N4O3. The third kappa shape index (κ3) is 5.23. The molecule has 1 heterocycles. The molecule has 0 radical (unpaired) electrons. The molecule has 2 fully saturated rings. The molecule has 3 aromatic carbocycles. The van der Waals surface area contributed by atoms with E-state index in [2.05, 4.69) is 42.7 Å². The first-order chi connectivity index (χ1) is 19.2. The Morgan fingerprint density at radius 3 is 2.41 bits per heavy atom. The Morgan fingerprint density at radius 2 is 1.71 bits per heavy atom. The van der Waals surface area contributed by atoms with E-state index in [1.165, 1.54) is 0 Å². The number of piperidine rings is 1. The van der Waals surface area contributed by atoms with Gasteiger partial charge in [0.05, 0.1) is 12.1 Å². The molecule has 5 atom stereocenters. The second-order valence-corrected chi connectivity index (χ2v) is 13.5. The van der Waals surface area contributed by atoms with Crippen LogP contribution in [-0.4, -0.2) is 41.2 Å². The summed E-state index contributed by atoms with van der Waals surface area (Å²) in [4.78, 5) is 42.3. The molecule has 41 heavy (non-hydrogen) atoms. The molecule has 3 aromatic rings. The van der Waals surface area contributed by atoms with Crippen LogP contribution in [0.2, 0.25) is 0 Å². The van der Waals surface area contributed by atoms with Gasteiger partial charge in [0.25, 0.3) is 5.91 Å². The second-order valence-electron chi connectivity index (χ2n) is 13.5. The van der Waals surface area contributed by atoms with Crippen molar-refractivity contribution in [2.24, 2.45) is 28.4 Å². The number of nitrogens with two attached hydrogens (primary N) is 1. The van der Waals surface area contributed by atoms with Gasteiger partial charge in [0.15, 0.2) is 0 Å². The monoisotopic (exact) mass is 554 g/mol. The van der Waals surface area contributed by atoms with E-state index < -0.39 is 17.5 Å². The van der Waals surface area contributed by atoms with Gasteiger partial charge < -0.3 is 21.3 Å². The third-order valence-corrected chi connectivity index (χ3v) is 9.35. The largest absolute Gasteiger partial charge is 0.345 e. The van der Waals surface area contributed by atoms with E-state index >= 15 is 0 Å². The minimum atomic E-state index is -0.697. The standard InChI is InChI=1S/C34H42N4O3/c1-19-15-16-22(17-25(19)30(39)36-20(2)23-14-10-12-21-11-8-9-13-24(21)23)37-31(40)28-27-26(34(27,6)7)18-38(28)32(41)29(35)33(3,4)5/h8-17,20,26-29H,18,35H2,1-7H3,(H,36,39)(H,37,40)/t20-,26+,27+,28+,29+/m1/s1. The van der Waals surface area contributed by atoms with E-state index in [1.807, 2.05) is 65.0 Å². The molecule has 1 aliphatic carbocycles. The van der Waals surface area contributed by atoms with Crippen LogP contribution < -0.4 is 16.4 Å². The van der Waals surface area contributed by atoms with Crippen LogP contribution in [0.3, 0.4) is 0 Å². The minimum absolute atomic E-state index is 0.0132. The molecule has 2 aliphatic rings. The summed E-state index contributed by atoms with van der Waals surface area (Å²) in [5.41, 5.74) is 8.77. The SMILES string of the molecule is Cc1ccc(NC(=O)[C@@H]2[C@@H]3[C@H](CN2C(=O)[C@H](N)C(C)(C)C)C3(C)C)cc1C(=O)N[C@H](C)c1cccc2ccccc12. The van der Waals surface area contributed by atoms with Gasteiger partial charge in [-0.2, -0.15) is 0 Å². The Bertz CT molecular complexity index is 1520. The van der Waals surface area contributed by atoms with E-state index in [4.69, 9.17) is 5.73 Å². The first-order valence-electron chi connectivity index (χ1n) is 14.5. The van der Waals surface area contributed by atoms with Gasteiger partial charge >= 0.3 is 0 Å². The fraction of sp³-hybridized carbons (Fsp3) is 0.441. The van der Waals surface area contributed by atoms with E-state index in [-0.39, 0.29) is 41.0 Å². The van der Waals surface area contributed by atoms with Crippen molar-refractivity contribution < 1.29 is 14.4 Å². The predicted octanol–water partition coefficient (Wildman–Crippen LogP) is 5.43. The number of carbonyl (C=O) groups is 3. The first-order valence-corrected chi connectivity index (χ1v) is 14.5. The summed E-state index contributed by atoms with van der Waals surface area (Å²) in [6.07, 6.45) is 0. The summed E-state index contributed by atoms with van der Waals surface area (Å²) in [6.45, 7) is 14.5. The summed E-state index contributed by atoms with van der Waals surface area (Å²) >= 11 is 0. The zero-order valence-electron chi connectivity index (χ0n) is 25.1. The number of aryl methyl sites for hydroxylation is 1. The van der Waals surface area contributed by atoms with Gasteiger partial charge in [0, 0.05) is 17.8 Å². The predicted molar refractivity (Wildman–Crippen MR) is 163 cm³/mol. The van der Waals surface area contributed by atoms with Crippen LogP contribution in [0.5, 0.6) is 0 Å². The van der Waals surface area contributed by atoms with E-state index in [9.17, 15) is 14.4 Å². The van der Waals surface area contributed by atoms with Gasteiger partial charge in [0.2, 0.25) is 11.8 Å². The zero-order chi connectivity index (χ0) is 29.9. The second kappa shape index (κ2) is 10.3. The maximum atomic E-state index is 13.7. The van der Waals surface area contributed by atoms with Gasteiger partial charge in [-0.3, -0.25) is 14.4 Å². The third-order valence-electron chi connectivity index (χ3n) is 9.35. The molecule has 1 saturated heterocycles. The lowest BCUT2D eigenvalue weighted by atomic mass is 9.86. The Labute approximate surface area is 242 Å². The van der Waals surface area contributed by atoms with Crippen molar-refractivity contribution in [2.45, 2.75) is 66.6 Å². The Balaban J connectivity index is 1.34. The molecule has 5 rings (SSSR count). The number of rotatable bonds is 6. The first kappa shape index (κ1) is 28.8. The highest BCUT2D eigenvalue weighted by molar-refractivity contribution is 6.02. The number of carbonyl (C=O) groups excluding carboxylic acids is 3. The molecule has 0 spiro atoms. The van der Waals surface area contributed by atoms with Crippen molar-refractivity contribution >= 4 is 34.2 Å². The molecule has 7 nitrogen and oxygen atoms in total. The van der Waals surface area contributed by atoms with Crippen molar-refractivity contribution in [1.29, 1.82) is 0 Å². The van der Waals surface area contributed by atoms with Gasteiger partial charge in [0.1, 0.15) is 6.04 Å². The number of amides is 3. The summed E-state index contributed by atoms with van der Waals surface area (Å²) in [6, 6.07) is 18.1. The number of hydrogen-bond acceptors (Lipinski definition) is 4. The van der Waals surface area contributed by atoms with Crippen LogP contribution >= 0.6 is 0 Å². The maximum absolute atomic E-state index is 13.7. The fourth-order valence-electron chi connectivity index (χ4n) is 6.50. The Kier molecular flexibility index (Phi) is 7.23. The van der Waals surface area contributed by atoms with E-state index in [1.54, 1.807) is 17.0 Å². The highest BCUT2D eigenvalue weighted by Crippen LogP contribution is 2.65. The fourth-order valence-corrected chi connectivity index (χ4v) is 6.50. The average molecular weight is 555 g/mol. The van der Waals surface area contributed by atoms with Gasteiger partial charge in [-0.05, 0) is 70.5 Å². The topological polar surface area (TPSA) is 105 Å². The molecule has 1 saturated carbocycles. The number of anilines is 1. The van der Waals surface area contributed by atoms with Crippen molar-refractivity contribution in [3.05, 3.63) is 77.4 Å². The van der Waals surface area contributed by atoms with Gasteiger partial charge in [-0.25, -0.2) is 0 Å². The molecule has 1 aliphatic heterocycles. The molecule has 4 N–H and O–H groups in total. The number of nitrogens with zero attached hydrogens (tertiary/aromatic N) is 1. The normalized spacial score (nSPS) is 22.5. The number of hydrogen-bond donors (Lipinski definition) is 3. The number of benzene rings is 3. The van der Waals surface area contributed by atoms with Crippen LogP contribution in [0.15, 0.2) is 60.7 Å². The molecule has 0 bridgehead atoms. The molecule has 0 unspecified atom stereocenters. The van der Waals surface area contributed by atoms with Crippen LogP contribution in [-0.2, 0) is 9.59 Å². The van der Waals surface area contributed by atoms with E-state index in [0.29, 0.717) is 17.8 Å². The van der Waals surface area contributed by atoms with Crippen molar-refractivity contribution in [3.63, 3.8) is 0 Å². The maximum Gasteiger partial charge on any atom is 0.252 e. The van der Waals surface area contributed by atoms with Gasteiger partial charge in [-0.15, -0.1) is 0 Å². The van der Waals surface area contributed by atoms with Crippen LogP contribution in [0, 0.1) is 29.6 Å². The Hall–Kier alpha value is -3.71. The van der Waals surface area contributed by atoms with Crippen molar-refractivity contribution in [1.82, 2.24) is 10.2 Å². The lowest BCUT2D eigenvalue weighted by molar-refractivity contribution is -0.141. The Morgan fingerprint density at radius 1 is 1.02 bits per heavy atom. The lowest BCUT2D eigenvalue weighted by Crippen LogP contribution is -2.56. The molecule has 216 valence electrons. The zero-order valence-corrected chi connectivity index (χ0v) is 25.1. The van der Waals surface area contributed by atoms with E-state index in [0.717, 1.165) is 21.9 Å². The average Bonchev–Trinajstić information content (AvgIpc) is 3.23. The van der Waals surface area contributed by atoms with Crippen LogP contribution in [0.25, 0.3) is 10.8 Å². The molecule has 3 amide bonds. The van der Waals surface area contributed by atoms with Gasteiger partial charge in [-0.1, -0.05) is 83.1 Å². The summed E-state index contributed by atoms with van der Waals surface area (Å²) < 4.78 is 0. The van der Waals surface area contributed by atoms with Crippen LogP contribution in [0.4, 0.5) is 5.69 Å². The van der Waals surface area contributed by atoms with Crippen LogP contribution in [0.1, 0.15) is 69.1 Å². The molecule has 7 heteroatoms. The van der Waals surface area contributed by atoms with Crippen molar-refractivity contribution in [2.75, 3.05) is 11.9 Å². The lowest BCUT2D eigenvalue weighted by Gasteiger charge is -2.35. The highest BCUT2D eigenvalue weighted by Gasteiger charge is 2.69. The highest BCUT2D eigenvalue weighted by atomic mass is 16.2. The quantitative estimate of drug-likeness (QED) is 0.378. The number of fused-ring (bicyclic) bond motifs is 2. The summed E-state index contributed by atoms with van der Waals surface area (Å²) in [5.74, 6) is -0.294. The molecular weight excluding hydrogens is 512 g/mol. The van der Waals surface area contributed by atoms with Crippen molar-refractivity contribution in [3.8, 4) is 0 Å².